The summed E-state index contributed by atoms with van der Waals surface area (Å²) in [7, 11) is 2.00. The first-order valence-corrected chi connectivity index (χ1v) is 6.96. The summed E-state index contributed by atoms with van der Waals surface area (Å²) >= 11 is 0. The summed E-state index contributed by atoms with van der Waals surface area (Å²) in [5.74, 6) is 0.973. The van der Waals surface area contributed by atoms with E-state index in [1.807, 2.05) is 32.2 Å². The Bertz CT molecular complexity index is 642. The van der Waals surface area contributed by atoms with Crippen LogP contribution in [0.2, 0.25) is 0 Å². The molecule has 0 saturated carbocycles. The van der Waals surface area contributed by atoms with Gasteiger partial charge in [0.1, 0.15) is 11.9 Å². The maximum Gasteiger partial charge on any atom is 0.249 e. The molecule has 1 amide bonds. The maximum atomic E-state index is 11.9. The number of carbonyl (C=O) groups is 1. The van der Waals surface area contributed by atoms with Crippen molar-refractivity contribution < 1.29 is 9.53 Å². The maximum absolute atomic E-state index is 11.9. The van der Waals surface area contributed by atoms with Crippen LogP contribution in [0.5, 0.6) is 0 Å². The van der Waals surface area contributed by atoms with E-state index in [1.54, 1.807) is 0 Å². The zero-order valence-electron chi connectivity index (χ0n) is 11.8. The minimum absolute atomic E-state index is 0.0141. The van der Waals surface area contributed by atoms with Crippen LogP contribution in [-0.4, -0.2) is 28.2 Å². The third kappa shape index (κ3) is 2.41. The van der Waals surface area contributed by atoms with E-state index < -0.39 is 0 Å². The van der Waals surface area contributed by atoms with Crippen molar-refractivity contribution in [3.05, 3.63) is 29.6 Å². The van der Waals surface area contributed by atoms with Gasteiger partial charge in [-0.25, -0.2) is 4.98 Å². The average Bonchev–Trinajstić information content (AvgIpc) is 3.06. The molecule has 0 bridgehead atoms. The van der Waals surface area contributed by atoms with E-state index >= 15 is 0 Å². The summed E-state index contributed by atoms with van der Waals surface area (Å²) in [5.41, 5.74) is 3.13. The molecule has 0 aliphatic carbocycles. The number of hydrogen-bond donors (Lipinski definition) is 1. The standard InChI is InChI=1S/C15H19N3O2/c1-10-17-12-8-11(5-6-13(12)18(10)2)9-16-15(19)14-4-3-7-20-14/h5-6,8,14H,3-4,7,9H2,1-2H3,(H,16,19)/t14-/m1/s1. The number of carbonyl (C=O) groups excluding carboxylic acids is 1. The fourth-order valence-electron chi connectivity index (χ4n) is 2.56. The fourth-order valence-corrected chi connectivity index (χ4v) is 2.56. The van der Waals surface area contributed by atoms with Gasteiger partial charge in [-0.2, -0.15) is 0 Å². The van der Waals surface area contributed by atoms with Gasteiger partial charge >= 0.3 is 0 Å². The van der Waals surface area contributed by atoms with Gasteiger partial charge in [-0.05, 0) is 37.5 Å². The van der Waals surface area contributed by atoms with Crippen LogP contribution in [0.4, 0.5) is 0 Å². The Balaban J connectivity index is 1.69. The Morgan fingerprint density at radius 3 is 3.15 bits per heavy atom. The number of nitrogens with zero attached hydrogens (tertiary/aromatic N) is 2. The van der Waals surface area contributed by atoms with Crippen LogP contribution in [0.3, 0.4) is 0 Å². The molecule has 0 unspecified atom stereocenters. The predicted octanol–water partition coefficient (Wildman–Crippen LogP) is 1.68. The Labute approximate surface area is 117 Å². The smallest absolute Gasteiger partial charge is 0.249 e. The van der Waals surface area contributed by atoms with Gasteiger partial charge in [0.05, 0.1) is 11.0 Å². The SMILES string of the molecule is Cc1nc2cc(CNC(=O)[C@H]3CCCO3)ccc2n1C. The molecular formula is C15H19N3O2. The molecular weight excluding hydrogens is 254 g/mol. The van der Waals surface area contributed by atoms with Gasteiger partial charge in [0, 0.05) is 20.2 Å². The summed E-state index contributed by atoms with van der Waals surface area (Å²) in [6.45, 7) is 3.19. The molecule has 1 saturated heterocycles. The first kappa shape index (κ1) is 13.1. The second kappa shape index (κ2) is 5.25. The number of rotatable bonds is 3. The van der Waals surface area contributed by atoms with E-state index in [9.17, 15) is 4.79 Å². The first-order valence-electron chi connectivity index (χ1n) is 6.96. The lowest BCUT2D eigenvalue weighted by Gasteiger charge is -2.10. The van der Waals surface area contributed by atoms with Crippen molar-refractivity contribution in [2.24, 2.45) is 7.05 Å². The van der Waals surface area contributed by atoms with Crippen LogP contribution >= 0.6 is 0 Å². The summed E-state index contributed by atoms with van der Waals surface area (Å²) in [6.07, 6.45) is 1.53. The Hall–Kier alpha value is -1.88. The number of hydrogen-bond acceptors (Lipinski definition) is 3. The minimum atomic E-state index is -0.268. The molecule has 2 aromatic rings. The fraction of sp³-hybridized carbons (Fsp3) is 0.467. The first-order chi connectivity index (χ1) is 9.65. The molecule has 1 N–H and O–H groups in total. The van der Waals surface area contributed by atoms with E-state index in [-0.39, 0.29) is 12.0 Å². The van der Waals surface area contributed by atoms with Gasteiger partial charge in [0.25, 0.3) is 0 Å². The highest BCUT2D eigenvalue weighted by molar-refractivity contribution is 5.81. The molecule has 1 aromatic carbocycles. The van der Waals surface area contributed by atoms with E-state index in [4.69, 9.17) is 4.74 Å². The molecule has 0 radical (unpaired) electrons. The van der Waals surface area contributed by atoms with E-state index in [2.05, 4.69) is 14.9 Å². The van der Waals surface area contributed by atoms with Crippen LogP contribution in [0, 0.1) is 6.92 Å². The van der Waals surface area contributed by atoms with E-state index in [1.165, 1.54) is 0 Å². The zero-order chi connectivity index (χ0) is 14.1. The van der Waals surface area contributed by atoms with Crippen molar-refractivity contribution in [3.63, 3.8) is 0 Å². The zero-order valence-corrected chi connectivity index (χ0v) is 11.8. The minimum Gasteiger partial charge on any atom is -0.368 e. The molecule has 5 heteroatoms. The molecule has 1 fully saturated rings. The van der Waals surface area contributed by atoms with Crippen LogP contribution < -0.4 is 5.32 Å². The van der Waals surface area contributed by atoms with Crippen LogP contribution in [-0.2, 0) is 23.1 Å². The lowest BCUT2D eigenvalue weighted by molar-refractivity contribution is -0.130. The van der Waals surface area contributed by atoms with Crippen molar-refractivity contribution in [3.8, 4) is 0 Å². The number of fused-ring (bicyclic) bond motifs is 1. The highest BCUT2D eigenvalue weighted by Gasteiger charge is 2.23. The highest BCUT2D eigenvalue weighted by Crippen LogP contribution is 2.17. The number of benzene rings is 1. The Kier molecular flexibility index (Phi) is 3.44. The van der Waals surface area contributed by atoms with Crippen molar-refractivity contribution in [1.82, 2.24) is 14.9 Å². The number of nitrogens with one attached hydrogen (secondary N) is 1. The van der Waals surface area contributed by atoms with Gasteiger partial charge in [0.2, 0.25) is 5.91 Å². The largest absolute Gasteiger partial charge is 0.368 e. The number of ether oxygens (including phenoxy) is 1. The Morgan fingerprint density at radius 2 is 2.40 bits per heavy atom. The normalized spacial score (nSPS) is 18.6. The predicted molar refractivity (Wildman–Crippen MR) is 76.3 cm³/mol. The van der Waals surface area contributed by atoms with Crippen molar-refractivity contribution in [1.29, 1.82) is 0 Å². The summed E-state index contributed by atoms with van der Waals surface area (Å²) in [5, 5.41) is 2.93. The lowest BCUT2D eigenvalue weighted by atomic mass is 10.2. The average molecular weight is 273 g/mol. The summed E-state index contributed by atoms with van der Waals surface area (Å²) < 4.78 is 7.42. The second-order valence-electron chi connectivity index (χ2n) is 5.26. The molecule has 2 heterocycles. The van der Waals surface area contributed by atoms with E-state index in [0.717, 1.165) is 35.3 Å². The molecule has 1 aliphatic rings. The van der Waals surface area contributed by atoms with Crippen molar-refractivity contribution in [2.45, 2.75) is 32.4 Å². The molecule has 0 spiro atoms. The highest BCUT2D eigenvalue weighted by atomic mass is 16.5. The molecule has 20 heavy (non-hydrogen) atoms. The van der Waals surface area contributed by atoms with Crippen LogP contribution in [0.25, 0.3) is 11.0 Å². The third-order valence-corrected chi connectivity index (χ3v) is 3.86. The van der Waals surface area contributed by atoms with Gasteiger partial charge < -0.3 is 14.6 Å². The van der Waals surface area contributed by atoms with Gasteiger partial charge in [-0.1, -0.05) is 6.07 Å². The summed E-state index contributed by atoms with van der Waals surface area (Å²) in [4.78, 5) is 16.4. The topological polar surface area (TPSA) is 56.1 Å². The van der Waals surface area contributed by atoms with Gasteiger partial charge in [-0.15, -0.1) is 0 Å². The number of aromatic nitrogens is 2. The molecule has 1 aliphatic heterocycles. The molecule has 1 atom stereocenters. The second-order valence-corrected chi connectivity index (χ2v) is 5.26. The molecule has 3 rings (SSSR count). The van der Waals surface area contributed by atoms with Crippen LogP contribution in [0.1, 0.15) is 24.2 Å². The lowest BCUT2D eigenvalue weighted by Crippen LogP contribution is -2.33. The number of imidazole rings is 1. The quantitative estimate of drug-likeness (QED) is 0.925. The molecule has 1 aromatic heterocycles. The number of amides is 1. The monoisotopic (exact) mass is 273 g/mol. The molecule has 106 valence electrons. The molecule has 5 nitrogen and oxygen atoms in total. The van der Waals surface area contributed by atoms with E-state index in [0.29, 0.717) is 13.2 Å². The van der Waals surface area contributed by atoms with Crippen molar-refractivity contribution in [2.75, 3.05) is 6.61 Å². The van der Waals surface area contributed by atoms with Crippen molar-refractivity contribution >= 4 is 16.9 Å². The Morgan fingerprint density at radius 1 is 1.55 bits per heavy atom. The number of aryl methyl sites for hydroxylation is 2. The summed E-state index contributed by atoms with van der Waals surface area (Å²) in [6, 6.07) is 6.10. The third-order valence-electron chi connectivity index (χ3n) is 3.86. The van der Waals surface area contributed by atoms with Gasteiger partial charge in [-0.3, -0.25) is 4.79 Å². The van der Waals surface area contributed by atoms with Crippen LogP contribution in [0.15, 0.2) is 18.2 Å². The van der Waals surface area contributed by atoms with Gasteiger partial charge in [0.15, 0.2) is 0 Å².